The minimum Gasteiger partial charge on any atom is -0.487 e. The van der Waals surface area contributed by atoms with Crippen molar-refractivity contribution < 1.29 is 19.2 Å². The second-order valence-electron chi connectivity index (χ2n) is 6.64. The first-order valence-corrected chi connectivity index (χ1v) is 9.42. The highest BCUT2D eigenvalue weighted by Gasteiger charge is 2.19. The Morgan fingerprint density at radius 1 is 1.24 bits per heavy atom. The summed E-state index contributed by atoms with van der Waals surface area (Å²) in [6.45, 7) is 4.42. The van der Waals surface area contributed by atoms with Gasteiger partial charge in [-0.05, 0) is 30.7 Å². The smallest absolute Gasteiger partial charge is 0.311 e. The number of nitro benzene ring substituents is 1. The van der Waals surface area contributed by atoms with E-state index in [2.05, 4.69) is 10.2 Å². The van der Waals surface area contributed by atoms with E-state index in [0.29, 0.717) is 18.0 Å². The molecule has 0 aliphatic carbocycles. The third-order valence-electron chi connectivity index (χ3n) is 4.61. The molecule has 0 spiro atoms. The number of anilines is 2. The number of carbonyl (C=O) groups excluding carboxylic acids is 1. The average molecular weight is 400 g/mol. The van der Waals surface area contributed by atoms with Crippen molar-refractivity contribution >= 4 is 23.0 Å². The number of benzene rings is 2. The number of amides is 1. The summed E-state index contributed by atoms with van der Waals surface area (Å²) in [6, 6.07) is 11.0. The normalized spacial score (nSPS) is 14.3. The third-order valence-corrected chi connectivity index (χ3v) is 4.61. The molecule has 0 radical (unpaired) electrons. The lowest BCUT2D eigenvalue weighted by Crippen LogP contribution is -2.37. The van der Waals surface area contributed by atoms with Crippen LogP contribution in [0.4, 0.5) is 17.1 Å². The van der Waals surface area contributed by atoms with Crippen LogP contribution < -0.4 is 15.8 Å². The highest BCUT2D eigenvalue weighted by molar-refractivity contribution is 6.06. The molecule has 0 saturated carbocycles. The minimum absolute atomic E-state index is 0.146. The molecule has 1 amide bonds. The zero-order valence-corrected chi connectivity index (χ0v) is 16.0. The summed E-state index contributed by atoms with van der Waals surface area (Å²) >= 11 is 0. The molecule has 0 unspecified atom stereocenters. The Hall–Kier alpha value is -3.17. The summed E-state index contributed by atoms with van der Waals surface area (Å²) in [4.78, 5) is 25.6. The summed E-state index contributed by atoms with van der Waals surface area (Å²) in [7, 11) is 0. The predicted molar refractivity (Wildman–Crippen MR) is 109 cm³/mol. The van der Waals surface area contributed by atoms with Gasteiger partial charge in [0.05, 0.1) is 36.1 Å². The van der Waals surface area contributed by atoms with Gasteiger partial charge in [0.1, 0.15) is 0 Å². The van der Waals surface area contributed by atoms with E-state index in [-0.39, 0.29) is 17.0 Å². The number of carbonyl (C=O) groups is 1. The van der Waals surface area contributed by atoms with E-state index in [9.17, 15) is 14.9 Å². The Bertz CT molecular complexity index is 868. The number of nitro groups is 1. The maximum atomic E-state index is 12.4. The van der Waals surface area contributed by atoms with Crippen molar-refractivity contribution in [1.82, 2.24) is 4.90 Å². The Morgan fingerprint density at radius 2 is 2.00 bits per heavy atom. The second kappa shape index (κ2) is 9.85. The molecular weight excluding hydrogens is 376 g/mol. The van der Waals surface area contributed by atoms with Gasteiger partial charge >= 0.3 is 5.69 Å². The molecule has 9 nitrogen and oxygen atoms in total. The third kappa shape index (κ3) is 5.66. The van der Waals surface area contributed by atoms with Crippen LogP contribution in [0.1, 0.15) is 16.8 Å². The van der Waals surface area contributed by atoms with Gasteiger partial charge in [-0.15, -0.1) is 0 Å². The Labute approximate surface area is 168 Å². The molecule has 2 aromatic rings. The number of ether oxygens (including phenoxy) is 2. The lowest BCUT2D eigenvalue weighted by molar-refractivity contribution is -0.385. The van der Waals surface area contributed by atoms with E-state index in [1.54, 1.807) is 24.3 Å². The first-order valence-electron chi connectivity index (χ1n) is 9.42. The first-order chi connectivity index (χ1) is 14.0. The fourth-order valence-electron chi connectivity index (χ4n) is 3.02. The molecule has 1 fully saturated rings. The number of nitrogen functional groups attached to an aromatic ring is 1. The highest BCUT2D eigenvalue weighted by atomic mass is 16.6. The molecule has 2 aromatic carbocycles. The molecule has 0 bridgehead atoms. The Kier molecular flexibility index (Phi) is 6.99. The summed E-state index contributed by atoms with van der Waals surface area (Å²) in [5.41, 5.74) is 6.59. The molecule has 3 N–H and O–H groups in total. The van der Waals surface area contributed by atoms with Gasteiger partial charge in [-0.2, -0.15) is 0 Å². The fourth-order valence-corrected chi connectivity index (χ4v) is 3.02. The number of hydrogen-bond donors (Lipinski definition) is 2. The summed E-state index contributed by atoms with van der Waals surface area (Å²) < 4.78 is 10.9. The molecular formula is C20H24N4O5. The number of nitrogens with one attached hydrogen (secondary N) is 1. The molecule has 1 aliphatic heterocycles. The van der Waals surface area contributed by atoms with Crippen LogP contribution in [-0.4, -0.2) is 55.2 Å². The SMILES string of the molecule is Nc1ccccc1NC(=O)c1ccc(OCCCN2CCOCC2)c([N+](=O)[O-])c1. The predicted octanol–water partition coefficient (Wildman–Crippen LogP) is 2.53. The zero-order valence-electron chi connectivity index (χ0n) is 16.0. The van der Waals surface area contributed by atoms with Crippen LogP contribution in [0.3, 0.4) is 0 Å². The van der Waals surface area contributed by atoms with Gasteiger partial charge in [0.25, 0.3) is 5.91 Å². The van der Waals surface area contributed by atoms with Crippen molar-refractivity contribution in [2.24, 2.45) is 0 Å². The largest absolute Gasteiger partial charge is 0.487 e. The number of nitrogens with two attached hydrogens (primary N) is 1. The monoisotopic (exact) mass is 400 g/mol. The molecule has 1 heterocycles. The van der Waals surface area contributed by atoms with Crippen molar-refractivity contribution in [3.63, 3.8) is 0 Å². The number of morpholine rings is 1. The second-order valence-corrected chi connectivity index (χ2v) is 6.64. The quantitative estimate of drug-likeness (QED) is 0.302. The molecule has 9 heteroatoms. The molecule has 29 heavy (non-hydrogen) atoms. The van der Waals surface area contributed by atoms with Crippen LogP contribution in [-0.2, 0) is 4.74 Å². The highest BCUT2D eigenvalue weighted by Crippen LogP contribution is 2.29. The first kappa shape index (κ1) is 20.6. The van der Waals surface area contributed by atoms with Crippen LogP contribution in [0.25, 0.3) is 0 Å². The van der Waals surface area contributed by atoms with Gasteiger partial charge in [0, 0.05) is 31.3 Å². The van der Waals surface area contributed by atoms with Crippen molar-refractivity contribution in [2.45, 2.75) is 6.42 Å². The van der Waals surface area contributed by atoms with E-state index in [4.69, 9.17) is 15.2 Å². The number of rotatable bonds is 8. The van der Waals surface area contributed by atoms with Crippen LogP contribution in [0.2, 0.25) is 0 Å². The van der Waals surface area contributed by atoms with Gasteiger partial charge in [-0.3, -0.25) is 19.8 Å². The average Bonchev–Trinajstić information content (AvgIpc) is 2.73. The molecule has 1 saturated heterocycles. The molecule has 1 aliphatic rings. The van der Waals surface area contributed by atoms with Crippen molar-refractivity contribution in [1.29, 1.82) is 0 Å². The molecule has 154 valence electrons. The van der Waals surface area contributed by atoms with Crippen molar-refractivity contribution in [3.8, 4) is 5.75 Å². The van der Waals surface area contributed by atoms with E-state index in [1.165, 1.54) is 18.2 Å². The van der Waals surface area contributed by atoms with Gasteiger partial charge in [-0.25, -0.2) is 0 Å². The zero-order chi connectivity index (χ0) is 20.6. The number of hydrogen-bond acceptors (Lipinski definition) is 7. The number of para-hydroxylation sites is 2. The van der Waals surface area contributed by atoms with E-state index >= 15 is 0 Å². The van der Waals surface area contributed by atoms with Crippen LogP contribution in [0, 0.1) is 10.1 Å². The van der Waals surface area contributed by atoms with Gasteiger partial charge in [0.15, 0.2) is 5.75 Å². The van der Waals surface area contributed by atoms with Crippen LogP contribution in [0.15, 0.2) is 42.5 Å². The maximum Gasteiger partial charge on any atom is 0.311 e. The molecule has 0 aromatic heterocycles. The van der Waals surface area contributed by atoms with Gasteiger partial charge in [-0.1, -0.05) is 12.1 Å². The Balaban J connectivity index is 1.61. The summed E-state index contributed by atoms with van der Waals surface area (Å²) in [5.74, 6) is -0.336. The lowest BCUT2D eigenvalue weighted by atomic mass is 10.1. The Morgan fingerprint density at radius 3 is 2.72 bits per heavy atom. The summed E-state index contributed by atoms with van der Waals surface area (Å²) in [5, 5.41) is 14.1. The van der Waals surface area contributed by atoms with Crippen molar-refractivity contribution in [3.05, 3.63) is 58.1 Å². The van der Waals surface area contributed by atoms with Crippen LogP contribution >= 0.6 is 0 Å². The summed E-state index contributed by atoms with van der Waals surface area (Å²) in [6.07, 6.45) is 0.743. The standard InChI is InChI=1S/C20H24N4O5/c21-16-4-1-2-5-17(16)22-20(25)15-6-7-19(18(14-15)24(26)27)29-11-3-8-23-9-12-28-13-10-23/h1-2,4-7,14H,3,8-13,21H2,(H,22,25). The van der Waals surface area contributed by atoms with Crippen LogP contribution in [0.5, 0.6) is 5.75 Å². The topological polar surface area (TPSA) is 120 Å². The van der Waals surface area contributed by atoms with Crippen molar-refractivity contribution in [2.75, 3.05) is 50.5 Å². The molecule has 3 rings (SSSR count). The fraction of sp³-hybridized carbons (Fsp3) is 0.350. The lowest BCUT2D eigenvalue weighted by Gasteiger charge is -2.26. The minimum atomic E-state index is -0.551. The van der Waals surface area contributed by atoms with E-state index in [1.807, 2.05) is 0 Å². The maximum absolute atomic E-state index is 12.4. The van der Waals surface area contributed by atoms with E-state index < -0.39 is 10.8 Å². The van der Waals surface area contributed by atoms with Gasteiger partial charge in [0.2, 0.25) is 0 Å². The van der Waals surface area contributed by atoms with E-state index in [0.717, 1.165) is 39.3 Å². The van der Waals surface area contributed by atoms with Gasteiger partial charge < -0.3 is 20.5 Å². The number of nitrogens with zero attached hydrogens (tertiary/aromatic N) is 2. The molecule has 0 atom stereocenters.